The molecule has 11 nitrogen and oxygen atoms in total. The van der Waals surface area contributed by atoms with E-state index in [1.54, 1.807) is 0 Å². The molecule has 0 heterocycles. The Hall–Kier alpha value is -3.12. The van der Waals surface area contributed by atoms with Gasteiger partial charge in [0.25, 0.3) is 0 Å². The fourth-order valence-electron chi connectivity index (χ4n) is 18.3. The smallest absolute Gasteiger partial charge is 0.342 e. The van der Waals surface area contributed by atoms with Crippen LogP contribution in [0.1, 0.15) is 213 Å². The summed E-state index contributed by atoms with van der Waals surface area (Å²) in [5, 5.41) is 47.2. The summed E-state index contributed by atoms with van der Waals surface area (Å²) in [5.74, 6) is -2.78. The molecule has 11 heteroatoms. The van der Waals surface area contributed by atoms with Crippen molar-refractivity contribution in [1.29, 1.82) is 0 Å². The number of ether oxygens (including phenoxy) is 3. The molecule has 0 saturated heterocycles. The summed E-state index contributed by atoms with van der Waals surface area (Å²) >= 11 is 0. The fourth-order valence-corrected chi connectivity index (χ4v) is 18.3. The second kappa shape index (κ2) is 21.6. The minimum atomic E-state index is -0.805. The highest BCUT2D eigenvalue weighted by Crippen LogP contribution is 2.75. The van der Waals surface area contributed by atoms with Gasteiger partial charge in [-0.25, -0.2) is 9.59 Å². The number of rotatable bonds is 10. The fraction of sp³-hybridized carbons (Fsp3) is 0.810. The van der Waals surface area contributed by atoms with Crippen LogP contribution in [0.2, 0.25) is 0 Å². The van der Waals surface area contributed by atoms with Gasteiger partial charge in [0.15, 0.2) is 0 Å². The highest BCUT2D eigenvalue weighted by atomic mass is 16.6. The first-order chi connectivity index (χ1) is 34.4. The van der Waals surface area contributed by atoms with E-state index in [-0.39, 0.29) is 76.3 Å². The molecule has 74 heavy (non-hydrogen) atoms. The predicted octanol–water partition coefficient (Wildman–Crippen LogP) is 12.0. The van der Waals surface area contributed by atoms with E-state index in [1.165, 1.54) is 13.8 Å². The monoisotopic (exact) mass is 1030 g/mol. The molecule has 0 radical (unpaired) electrons. The lowest BCUT2D eigenvalue weighted by Crippen LogP contribution is -2.65. The molecule has 7 aliphatic rings. The van der Waals surface area contributed by atoms with Crippen LogP contribution in [0.5, 0.6) is 0 Å². The molecular weight excluding hydrogens is 933 g/mol. The van der Waals surface area contributed by atoms with Gasteiger partial charge in [-0.05, 0) is 222 Å². The molecule has 4 N–H and O–H groups in total. The van der Waals surface area contributed by atoms with Crippen molar-refractivity contribution >= 4 is 23.9 Å². The van der Waals surface area contributed by atoms with Gasteiger partial charge in [0.2, 0.25) is 0 Å². The van der Waals surface area contributed by atoms with Crippen LogP contribution in [0.3, 0.4) is 0 Å². The van der Waals surface area contributed by atoms with Crippen LogP contribution >= 0.6 is 0 Å². The van der Waals surface area contributed by atoms with Crippen LogP contribution < -0.4 is 0 Å². The second-order valence-corrected chi connectivity index (χ2v) is 27.8. The number of fused-ring (bicyclic) bond motifs is 7. The van der Waals surface area contributed by atoms with Gasteiger partial charge < -0.3 is 34.6 Å². The first kappa shape index (κ1) is 58.6. The summed E-state index contributed by atoms with van der Waals surface area (Å²) in [6, 6.07) is 0. The number of aliphatic hydroxyl groups excluding tert-OH is 4. The molecule has 0 aliphatic heterocycles. The lowest BCUT2D eigenvalue weighted by Gasteiger charge is -2.69. The molecule has 7 fully saturated rings. The molecule has 0 aromatic carbocycles. The average molecular weight is 1030 g/mol. The van der Waals surface area contributed by atoms with E-state index in [9.17, 15) is 30.0 Å². The highest BCUT2D eigenvalue weighted by molar-refractivity contribution is 6.03. The zero-order chi connectivity index (χ0) is 54.8. The predicted molar refractivity (Wildman–Crippen MR) is 288 cm³/mol. The normalized spacial score (nSPS) is 43.9. The molecule has 416 valence electrons. The first-order valence-electron chi connectivity index (χ1n) is 28.9. The lowest BCUT2D eigenvalue weighted by molar-refractivity contribution is -0.234. The third kappa shape index (κ3) is 10.5. The van der Waals surface area contributed by atoms with E-state index in [0.29, 0.717) is 74.5 Å². The topological polar surface area (TPSA) is 177 Å². The van der Waals surface area contributed by atoms with Crippen molar-refractivity contribution in [3.63, 3.8) is 0 Å². The van der Waals surface area contributed by atoms with Crippen LogP contribution in [-0.4, -0.2) is 80.9 Å². The van der Waals surface area contributed by atoms with Crippen LogP contribution in [0.25, 0.3) is 0 Å². The van der Waals surface area contributed by atoms with Crippen molar-refractivity contribution in [1.82, 2.24) is 0 Å². The number of allylic oxidation sites excluding steroid dienone is 4. The third-order valence-corrected chi connectivity index (χ3v) is 22.7. The van der Waals surface area contributed by atoms with Gasteiger partial charge >= 0.3 is 23.9 Å². The number of carbonyl (C=O) groups is 4. The molecule has 0 amide bonds. The maximum absolute atomic E-state index is 15.5. The SMILES string of the molecule is CC(=O)OC1CC2(C)C(C[C@@H](O)C3C4(C)CC[C@@H](O)[C@@H](C)C4CC[C@@]32C)/C1=C(\CCC=C(C)C)C(=O)OC(=O)/C(CCC=C(C)C)=C1/C2C[C@@H](O)C[C@@]3(C)CC[C@@H](O)[C@@H](C)C3CCC(C)(C)[C@@]2(C)C[C@@H]1OC(C)=O. The van der Waals surface area contributed by atoms with Crippen LogP contribution in [0.15, 0.2) is 45.6 Å². The van der Waals surface area contributed by atoms with E-state index in [0.717, 1.165) is 49.7 Å². The molecule has 7 aliphatic carbocycles. The van der Waals surface area contributed by atoms with Crippen LogP contribution in [0, 0.1) is 73.9 Å². The van der Waals surface area contributed by atoms with E-state index >= 15 is 9.59 Å². The minimum absolute atomic E-state index is 0.0775. The first-order valence-corrected chi connectivity index (χ1v) is 28.9. The van der Waals surface area contributed by atoms with E-state index in [1.807, 2.05) is 27.7 Å². The summed E-state index contributed by atoms with van der Waals surface area (Å²) in [6.07, 6.45) is 10.1. The van der Waals surface area contributed by atoms with Gasteiger partial charge in [-0.2, -0.15) is 0 Å². The summed E-state index contributed by atoms with van der Waals surface area (Å²) in [4.78, 5) is 57.4. The molecule has 18 atom stereocenters. The Bertz CT molecular complexity index is 2280. The number of aliphatic hydroxyl groups is 4. The molecule has 0 aromatic rings. The molecule has 8 unspecified atom stereocenters. The van der Waals surface area contributed by atoms with Gasteiger partial charge in [0, 0.05) is 25.0 Å². The quantitative estimate of drug-likeness (QED) is 0.0538. The van der Waals surface area contributed by atoms with Gasteiger partial charge in [-0.1, -0.05) is 85.6 Å². The molecule has 0 bridgehead atoms. The summed E-state index contributed by atoms with van der Waals surface area (Å²) in [7, 11) is 0. The highest BCUT2D eigenvalue weighted by Gasteiger charge is 2.71. The summed E-state index contributed by atoms with van der Waals surface area (Å²) < 4.78 is 18.9. The number of hydrogen-bond acceptors (Lipinski definition) is 11. The van der Waals surface area contributed by atoms with Crippen LogP contribution in [-0.2, 0) is 33.4 Å². The van der Waals surface area contributed by atoms with Crippen molar-refractivity contribution in [2.24, 2.45) is 73.9 Å². The van der Waals surface area contributed by atoms with Crippen molar-refractivity contribution in [2.75, 3.05) is 0 Å². The van der Waals surface area contributed by atoms with Gasteiger partial charge in [-0.3, -0.25) is 9.59 Å². The maximum Gasteiger partial charge on any atom is 0.342 e. The Morgan fingerprint density at radius 3 is 1.54 bits per heavy atom. The Balaban J connectivity index is 1.35. The van der Waals surface area contributed by atoms with Crippen molar-refractivity contribution in [2.45, 2.75) is 250 Å². The molecular formula is C63H98O11. The van der Waals surface area contributed by atoms with Gasteiger partial charge in [0.1, 0.15) is 12.2 Å². The Kier molecular flexibility index (Phi) is 17.1. The summed E-state index contributed by atoms with van der Waals surface area (Å²) in [5.41, 5.74) is 1.66. The number of hydrogen-bond donors (Lipinski definition) is 4. The summed E-state index contributed by atoms with van der Waals surface area (Å²) in [6.45, 7) is 31.0. The van der Waals surface area contributed by atoms with E-state index < -0.39 is 76.6 Å². The lowest BCUT2D eigenvalue weighted by atomic mass is 9.36. The third-order valence-electron chi connectivity index (χ3n) is 22.7. The van der Waals surface area contributed by atoms with E-state index in [4.69, 9.17) is 14.2 Å². The Labute approximate surface area is 445 Å². The van der Waals surface area contributed by atoms with Crippen molar-refractivity contribution in [3.8, 4) is 0 Å². The largest absolute Gasteiger partial charge is 0.458 e. The minimum Gasteiger partial charge on any atom is -0.458 e. The zero-order valence-corrected chi connectivity index (χ0v) is 48.3. The standard InChI is InChI=1S/C63H98O11/c1-35(2)18-16-20-42(53-46-30-41(66)32-59(11)27-24-48(67)37(5)44(59)22-26-58(9,10)62(46,14)33-51(53)72-39(7)64)56(70)74-57(71)43(21-17-19-36(3)4)54-47-31-50(69)55-60(12)28-25-49(68)38(6)45(60)23-29-61(55,13)63(47,15)34-52(54)73-40(8)65/h18-19,37-38,41,44-52,55,66-69H,16-17,20-34H2,1-15H3/b53-42-,54-43-/t37-,38-,41+,44?,45?,46?,47?,48+,49+,50+,51-,52?,55?,59+,60?,61-,62-,63?/m0/s1. The molecule has 7 saturated carbocycles. The van der Waals surface area contributed by atoms with E-state index in [2.05, 4.69) is 74.5 Å². The molecule has 0 aromatic heterocycles. The van der Waals surface area contributed by atoms with Crippen LogP contribution in [0.4, 0.5) is 0 Å². The maximum atomic E-state index is 15.5. The second-order valence-electron chi connectivity index (χ2n) is 27.8. The zero-order valence-electron chi connectivity index (χ0n) is 48.3. The Morgan fingerprint density at radius 1 is 0.554 bits per heavy atom. The van der Waals surface area contributed by atoms with Gasteiger partial charge in [0.05, 0.1) is 24.4 Å². The van der Waals surface area contributed by atoms with Crippen molar-refractivity contribution in [3.05, 3.63) is 45.6 Å². The Morgan fingerprint density at radius 2 is 1.03 bits per heavy atom. The molecule has 7 rings (SSSR count). The average Bonchev–Trinajstić information content (AvgIpc) is 3.71. The molecule has 0 spiro atoms. The van der Waals surface area contributed by atoms with Crippen molar-refractivity contribution < 1.29 is 53.8 Å². The number of carbonyl (C=O) groups excluding carboxylic acids is 4. The van der Waals surface area contributed by atoms with Gasteiger partial charge in [-0.15, -0.1) is 0 Å². The number of esters is 4.